The molecule has 0 aliphatic heterocycles. The highest BCUT2D eigenvalue weighted by Crippen LogP contribution is 2.29. The maximum atomic E-state index is 6.18. The fourth-order valence-electron chi connectivity index (χ4n) is 2.14. The van der Waals surface area contributed by atoms with Gasteiger partial charge in [-0.15, -0.1) is 0 Å². The van der Waals surface area contributed by atoms with Gasteiger partial charge in [0.2, 0.25) is 0 Å². The Morgan fingerprint density at radius 2 is 1.71 bits per heavy atom. The van der Waals surface area contributed by atoms with Crippen molar-refractivity contribution < 1.29 is 9.47 Å². The Balaban J connectivity index is 2.79. The van der Waals surface area contributed by atoms with E-state index in [1.54, 1.807) is 6.07 Å². The Morgan fingerprint density at radius 1 is 1.08 bits per heavy atom. The van der Waals surface area contributed by atoms with Crippen LogP contribution >= 0.6 is 15.9 Å². The van der Waals surface area contributed by atoms with E-state index in [0.29, 0.717) is 21.4 Å². The van der Waals surface area contributed by atoms with Crippen molar-refractivity contribution in [3.8, 4) is 22.6 Å². The lowest BCUT2D eigenvalue weighted by Gasteiger charge is -2.29. The van der Waals surface area contributed by atoms with E-state index in [1.807, 2.05) is 0 Å². The van der Waals surface area contributed by atoms with E-state index in [2.05, 4.69) is 20.9 Å². The lowest BCUT2D eigenvalue weighted by Crippen LogP contribution is -2.42. The van der Waals surface area contributed by atoms with E-state index in [4.69, 9.17) is 62.3 Å². The molecule has 24 heavy (non-hydrogen) atoms. The van der Waals surface area contributed by atoms with Crippen molar-refractivity contribution in [2.75, 3.05) is 12.8 Å². The number of anilines is 1. The molecule has 0 saturated heterocycles. The molecular formula is C13H7B6BrN2O2. The first-order chi connectivity index (χ1) is 11.1. The minimum absolute atomic E-state index is 0.0281. The molecule has 0 saturated carbocycles. The topological polar surface area (TPSA) is 57.4 Å². The van der Waals surface area contributed by atoms with Gasteiger partial charge in [0.25, 0.3) is 0 Å². The van der Waals surface area contributed by atoms with Crippen molar-refractivity contribution >= 4 is 85.2 Å². The maximum Gasteiger partial charge on any atom is 0.152 e. The van der Waals surface area contributed by atoms with Gasteiger partial charge in [0.1, 0.15) is 52.9 Å². The molecular weight excluding hydrogens is 361 g/mol. The molecule has 0 fully saturated rings. The normalized spacial score (nSPS) is 11.2. The average molecular weight is 368 g/mol. The molecule has 12 radical (unpaired) electrons. The third-order valence-electron chi connectivity index (χ3n) is 3.17. The molecule has 1 aromatic heterocycles. The second-order valence-corrected chi connectivity index (χ2v) is 5.88. The van der Waals surface area contributed by atoms with Crippen LogP contribution in [0.3, 0.4) is 0 Å². The van der Waals surface area contributed by atoms with Crippen LogP contribution in [-0.4, -0.2) is 64.5 Å². The smallest absolute Gasteiger partial charge is 0.152 e. The van der Waals surface area contributed by atoms with Gasteiger partial charge in [-0.25, -0.2) is 4.98 Å². The number of rotatable bonds is 4. The first-order valence-electron chi connectivity index (χ1n) is 6.58. The summed E-state index contributed by atoms with van der Waals surface area (Å²) in [6.07, 6.45) is 1.48. The first kappa shape index (κ1) is 19.0. The van der Waals surface area contributed by atoms with Crippen molar-refractivity contribution in [1.82, 2.24) is 4.98 Å². The quantitative estimate of drug-likeness (QED) is 0.634. The summed E-state index contributed by atoms with van der Waals surface area (Å²) in [6, 6.07) is 1.68. The summed E-state index contributed by atoms with van der Waals surface area (Å²) in [7, 11) is 36.2. The Bertz CT molecular complexity index is 797. The number of ether oxygens (including phenoxy) is 2. The highest BCUT2D eigenvalue weighted by atomic mass is 79.9. The van der Waals surface area contributed by atoms with E-state index in [1.165, 1.54) is 13.3 Å². The van der Waals surface area contributed by atoms with Crippen molar-refractivity contribution in [1.29, 1.82) is 0 Å². The maximum absolute atomic E-state index is 6.18. The van der Waals surface area contributed by atoms with Crippen LogP contribution in [0.15, 0.2) is 16.7 Å². The highest BCUT2D eigenvalue weighted by Gasteiger charge is 2.23. The minimum Gasteiger partial charge on any atom is -0.513 e. The Labute approximate surface area is 157 Å². The fraction of sp³-hybridized carbons (Fsp3) is 0.154. The van der Waals surface area contributed by atoms with Crippen molar-refractivity contribution in [2.24, 2.45) is 0 Å². The number of pyridine rings is 1. The van der Waals surface area contributed by atoms with Crippen molar-refractivity contribution in [3.63, 3.8) is 0 Å². The summed E-state index contributed by atoms with van der Waals surface area (Å²) in [5.41, 5.74) is 6.95. The number of hydrogen-bond donors (Lipinski definition) is 1. The highest BCUT2D eigenvalue weighted by molar-refractivity contribution is 9.10. The molecule has 0 aliphatic carbocycles. The number of nitrogens with zero attached hydrogens (tertiary/aromatic N) is 1. The zero-order chi connectivity index (χ0) is 18.2. The molecule has 106 valence electrons. The second kappa shape index (κ2) is 6.87. The van der Waals surface area contributed by atoms with Gasteiger partial charge in [0.05, 0.1) is 11.6 Å². The van der Waals surface area contributed by atoms with E-state index in [-0.39, 0.29) is 27.9 Å². The van der Waals surface area contributed by atoms with Crippen molar-refractivity contribution in [2.45, 2.75) is 5.30 Å². The summed E-state index contributed by atoms with van der Waals surface area (Å²) in [5.74, 6) is 0.348. The van der Waals surface area contributed by atoms with E-state index in [9.17, 15) is 0 Å². The molecule has 0 spiro atoms. The third-order valence-corrected chi connectivity index (χ3v) is 3.80. The van der Waals surface area contributed by atoms with Crippen LogP contribution < -0.4 is 31.6 Å². The molecule has 0 amide bonds. The molecule has 2 rings (SSSR count). The largest absolute Gasteiger partial charge is 0.513 e. The molecule has 0 unspecified atom stereocenters. The molecule has 2 aromatic rings. The SMILES string of the molecule is [B]c1c([B])c(-c2cnc(N)c(Br)c2)c([B])c(OC([B])([B])[B])c1OC. The molecule has 2 N–H and O–H groups in total. The van der Waals surface area contributed by atoms with Crippen LogP contribution in [0.4, 0.5) is 5.82 Å². The molecule has 11 heteroatoms. The van der Waals surface area contributed by atoms with Crippen LogP contribution in [0.5, 0.6) is 11.5 Å². The van der Waals surface area contributed by atoms with Gasteiger partial charge in [-0.3, -0.25) is 0 Å². The number of hydrogen-bond acceptors (Lipinski definition) is 4. The summed E-state index contributed by atoms with van der Waals surface area (Å²) in [4.78, 5) is 4.05. The van der Waals surface area contributed by atoms with Crippen LogP contribution in [-0.2, 0) is 0 Å². The Kier molecular flexibility index (Phi) is 5.43. The second-order valence-electron chi connectivity index (χ2n) is 5.03. The number of nitrogen functional groups attached to an aromatic ring is 1. The average Bonchev–Trinajstić information content (AvgIpc) is 2.48. The van der Waals surface area contributed by atoms with Crippen molar-refractivity contribution in [3.05, 3.63) is 16.7 Å². The molecule has 0 aliphatic rings. The number of methoxy groups -OCH3 is 1. The summed E-state index contributed by atoms with van der Waals surface area (Å²) < 4.78 is 11.1. The third kappa shape index (κ3) is 3.66. The monoisotopic (exact) mass is 368 g/mol. The minimum atomic E-state index is -2.00. The fourth-order valence-corrected chi connectivity index (χ4v) is 2.49. The summed E-state index contributed by atoms with van der Waals surface area (Å²) in [5, 5.41) is -2.00. The van der Waals surface area contributed by atoms with Gasteiger partial charge in [-0.05, 0) is 38.3 Å². The number of nitrogens with two attached hydrogens (primary N) is 1. The molecule has 1 aromatic carbocycles. The van der Waals surface area contributed by atoms with Crippen LogP contribution in [0.1, 0.15) is 0 Å². The van der Waals surface area contributed by atoms with Crippen LogP contribution in [0.25, 0.3) is 11.1 Å². The van der Waals surface area contributed by atoms with Gasteiger partial charge in [0.15, 0.2) is 11.5 Å². The van der Waals surface area contributed by atoms with Gasteiger partial charge in [-0.2, -0.15) is 0 Å². The van der Waals surface area contributed by atoms with E-state index in [0.717, 1.165) is 0 Å². The molecule has 0 atom stereocenters. The van der Waals surface area contributed by atoms with E-state index >= 15 is 0 Å². The van der Waals surface area contributed by atoms with Gasteiger partial charge in [-0.1, -0.05) is 10.9 Å². The van der Waals surface area contributed by atoms with Gasteiger partial charge < -0.3 is 15.2 Å². The standard InChI is InChI=1S/C13H7B6BrN2O2/c1-23-10-9(16)7(14)6(4-2-5(20)12(21)22-3-4)8(15)11(10)24-13(17,18)19/h2-3H,1H3,(H2,21,22). The number of aromatic nitrogens is 1. The zero-order valence-corrected chi connectivity index (χ0v) is 14.4. The Hall–Kier alpha value is -1.36. The zero-order valence-electron chi connectivity index (χ0n) is 12.8. The Morgan fingerprint density at radius 3 is 2.21 bits per heavy atom. The predicted octanol–water partition coefficient (Wildman–Crippen LogP) is -2.02. The van der Waals surface area contributed by atoms with Gasteiger partial charge >= 0.3 is 0 Å². The van der Waals surface area contributed by atoms with E-state index < -0.39 is 5.30 Å². The first-order valence-corrected chi connectivity index (χ1v) is 7.37. The number of benzene rings is 1. The summed E-state index contributed by atoms with van der Waals surface area (Å²) in [6.45, 7) is 0. The van der Waals surface area contributed by atoms with Gasteiger partial charge in [0, 0.05) is 11.8 Å². The number of halogens is 1. The van der Waals surface area contributed by atoms with Crippen LogP contribution in [0.2, 0.25) is 0 Å². The lowest BCUT2D eigenvalue weighted by molar-refractivity contribution is 0.298. The van der Waals surface area contributed by atoms with Crippen LogP contribution in [0, 0.1) is 0 Å². The molecule has 1 heterocycles. The molecule has 0 bridgehead atoms. The summed E-state index contributed by atoms with van der Waals surface area (Å²) >= 11 is 3.29. The molecule has 4 nitrogen and oxygen atoms in total. The lowest BCUT2D eigenvalue weighted by atomic mass is 9.52. The predicted molar refractivity (Wildman–Crippen MR) is 105 cm³/mol.